The molecule has 0 amide bonds. The average molecular weight is 409 g/mol. The zero-order chi connectivity index (χ0) is 19.2. The highest BCUT2D eigenvalue weighted by Crippen LogP contribution is 2.36. The lowest BCUT2D eigenvalue weighted by molar-refractivity contribution is 1.53. The van der Waals surface area contributed by atoms with Gasteiger partial charge in [-0.1, -0.05) is 69.2 Å². The van der Waals surface area contributed by atoms with Gasteiger partial charge in [0.15, 0.2) is 0 Å². The summed E-state index contributed by atoms with van der Waals surface area (Å²) in [5, 5.41) is 2.79. The van der Waals surface area contributed by atoms with Gasteiger partial charge in [0.25, 0.3) is 0 Å². The molecule has 0 saturated heterocycles. The number of rotatable bonds is 3. The van der Waals surface area contributed by atoms with Crippen LogP contribution in [0.1, 0.15) is 19.5 Å². The smallest absolute Gasteiger partial charge is 0.00958 e. The minimum Gasteiger partial charge on any atom is -0.145 e. The normalized spacial score (nSPS) is 10.4. The van der Waals surface area contributed by atoms with Crippen molar-refractivity contribution in [1.29, 1.82) is 0 Å². The molecule has 0 spiro atoms. The molecule has 2 aromatic heterocycles. The molecule has 0 aliphatic rings. The summed E-state index contributed by atoms with van der Waals surface area (Å²) in [6.07, 6.45) is 0. The summed E-state index contributed by atoms with van der Waals surface area (Å²) in [5.41, 5.74) is 2.85. The van der Waals surface area contributed by atoms with Crippen LogP contribution < -0.4 is 10.6 Å². The fraction of sp³-hybridized carbons (Fsp3) is 0.167. The Kier molecular flexibility index (Phi) is 7.01. The number of hydrogen-bond acceptors (Lipinski definition) is 2. The Morgan fingerprint density at radius 2 is 0.926 bits per heavy atom. The van der Waals surface area contributed by atoms with Crippen LogP contribution >= 0.6 is 31.3 Å². The van der Waals surface area contributed by atoms with Crippen LogP contribution in [0.15, 0.2) is 72.8 Å². The van der Waals surface area contributed by atoms with Gasteiger partial charge in [-0.3, -0.25) is 0 Å². The van der Waals surface area contributed by atoms with E-state index in [0.717, 1.165) is 8.58 Å². The lowest BCUT2D eigenvalue weighted by Crippen LogP contribution is -2.01. The second-order valence-corrected chi connectivity index (χ2v) is 10.8. The van der Waals surface area contributed by atoms with Crippen LogP contribution in [0.25, 0.3) is 11.1 Å². The van der Waals surface area contributed by atoms with E-state index >= 15 is 0 Å². The first kappa shape index (κ1) is 20.0. The van der Waals surface area contributed by atoms with E-state index in [0.29, 0.717) is 0 Å². The summed E-state index contributed by atoms with van der Waals surface area (Å²) >= 11 is 3.77. The van der Waals surface area contributed by atoms with Gasteiger partial charge in [-0.15, -0.1) is 22.7 Å². The van der Waals surface area contributed by atoms with Crippen LogP contribution in [-0.4, -0.2) is 0 Å². The number of thiophene rings is 2. The standard InChI is InChI=1S/C12H11P.C12H14S2/c1-3-7-11(8-4-1)13-12-9-5-2-6-10-12;1-7-5-11(9(3)13-7)12-6-8(2)14-10(12)4/h1-10,13H;5-6H,1-4H3. The summed E-state index contributed by atoms with van der Waals surface area (Å²) < 4.78 is 0. The highest BCUT2D eigenvalue weighted by Gasteiger charge is 2.10. The minimum absolute atomic E-state index is 0.777. The molecule has 0 N–H and O–H groups in total. The second kappa shape index (κ2) is 9.46. The number of aryl methyl sites for hydroxylation is 4. The van der Waals surface area contributed by atoms with Gasteiger partial charge in [-0.2, -0.15) is 0 Å². The average Bonchev–Trinajstić information content (AvgIpc) is 3.17. The summed E-state index contributed by atoms with van der Waals surface area (Å²) in [4.78, 5) is 5.67. The van der Waals surface area contributed by atoms with Crippen molar-refractivity contribution in [1.82, 2.24) is 0 Å². The molecule has 0 radical (unpaired) electrons. The predicted octanol–water partition coefficient (Wildman–Crippen LogP) is 7.03. The molecule has 2 heterocycles. The second-order valence-electron chi connectivity index (χ2n) is 6.51. The van der Waals surface area contributed by atoms with Crippen molar-refractivity contribution in [3.05, 3.63) is 92.3 Å². The Labute approximate surface area is 172 Å². The van der Waals surface area contributed by atoms with Crippen molar-refractivity contribution < 1.29 is 0 Å². The van der Waals surface area contributed by atoms with E-state index < -0.39 is 0 Å². The Balaban J connectivity index is 0.000000156. The highest BCUT2D eigenvalue weighted by atomic mass is 32.1. The van der Waals surface area contributed by atoms with Gasteiger partial charge in [0.2, 0.25) is 0 Å². The van der Waals surface area contributed by atoms with E-state index in [9.17, 15) is 0 Å². The molecule has 0 fully saturated rings. The number of benzene rings is 2. The Morgan fingerprint density at radius 3 is 1.22 bits per heavy atom. The van der Waals surface area contributed by atoms with E-state index in [1.807, 2.05) is 22.7 Å². The topological polar surface area (TPSA) is 0 Å². The largest absolute Gasteiger partial charge is 0.145 e. The first-order valence-corrected chi connectivity index (χ1v) is 11.7. The monoisotopic (exact) mass is 408 g/mol. The maximum atomic E-state index is 2.30. The molecule has 0 atom stereocenters. The van der Waals surface area contributed by atoms with E-state index in [1.165, 1.54) is 41.2 Å². The molecule has 0 bridgehead atoms. The highest BCUT2D eigenvalue weighted by molar-refractivity contribution is 7.55. The SMILES string of the molecule is Cc1cc(-c2cc(C)sc2C)c(C)s1.c1ccc(Pc2ccccc2)cc1. The van der Waals surface area contributed by atoms with Crippen molar-refractivity contribution in [3.63, 3.8) is 0 Å². The zero-order valence-electron chi connectivity index (χ0n) is 16.2. The third-order valence-electron chi connectivity index (χ3n) is 4.21. The lowest BCUT2D eigenvalue weighted by Gasteiger charge is -2.00. The molecule has 2 aromatic carbocycles. The van der Waals surface area contributed by atoms with Gasteiger partial charge in [0, 0.05) is 19.5 Å². The molecule has 0 aliphatic carbocycles. The first-order valence-electron chi connectivity index (χ1n) is 9.04. The molecular formula is C24H25PS2. The van der Waals surface area contributed by atoms with Crippen LogP contribution in [0.4, 0.5) is 0 Å². The third kappa shape index (κ3) is 5.62. The molecule has 3 heteroatoms. The summed E-state index contributed by atoms with van der Waals surface area (Å²) in [6.45, 7) is 8.77. The van der Waals surface area contributed by atoms with Crippen LogP contribution in [-0.2, 0) is 0 Å². The maximum absolute atomic E-state index is 2.30. The van der Waals surface area contributed by atoms with Gasteiger partial charge < -0.3 is 0 Å². The molecular weight excluding hydrogens is 383 g/mol. The van der Waals surface area contributed by atoms with E-state index in [1.54, 1.807) is 0 Å². The van der Waals surface area contributed by atoms with Crippen molar-refractivity contribution in [2.24, 2.45) is 0 Å². The Morgan fingerprint density at radius 1 is 0.556 bits per heavy atom. The Hall–Kier alpha value is -1.73. The summed E-state index contributed by atoms with van der Waals surface area (Å²) in [6, 6.07) is 25.8. The molecule has 138 valence electrons. The van der Waals surface area contributed by atoms with Crippen LogP contribution in [0.5, 0.6) is 0 Å². The molecule has 0 aliphatic heterocycles. The molecule has 0 nitrogen and oxygen atoms in total. The van der Waals surface area contributed by atoms with E-state index in [2.05, 4.69) is 100 Å². The van der Waals surface area contributed by atoms with Crippen LogP contribution in [0.3, 0.4) is 0 Å². The van der Waals surface area contributed by atoms with Crippen molar-refractivity contribution in [2.45, 2.75) is 27.7 Å². The molecule has 0 unspecified atom stereocenters. The van der Waals surface area contributed by atoms with Gasteiger partial charge in [-0.05, 0) is 61.6 Å². The zero-order valence-corrected chi connectivity index (χ0v) is 18.9. The van der Waals surface area contributed by atoms with Gasteiger partial charge in [0.05, 0.1) is 0 Å². The third-order valence-corrected chi connectivity index (χ3v) is 7.38. The predicted molar refractivity (Wildman–Crippen MR) is 127 cm³/mol. The molecule has 4 rings (SSSR count). The first-order chi connectivity index (χ1) is 13.0. The van der Waals surface area contributed by atoms with Crippen LogP contribution in [0.2, 0.25) is 0 Å². The summed E-state index contributed by atoms with van der Waals surface area (Å²) in [5.74, 6) is 0. The lowest BCUT2D eigenvalue weighted by atomic mass is 10.1. The quantitative estimate of drug-likeness (QED) is 0.319. The fourth-order valence-corrected chi connectivity index (χ4v) is 5.93. The van der Waals surface area contributed by atoms with Crippen LogP contribution in [0, 0.1) is 27.7 Å². The maximum Gasteiger partial charge on any atom is 0.00958 e. The minimum atomic E-state index is 0.777. The van der Waals surface area contributed by atoms with Gasteiger partial charge in [0.1, 0.15) is 0 Å². The van der Waals surface area contributed by atoms with Crippen molar-refractivity contribution >= 4 is 41.9 Å². The van der Waals surface area contributed by atoms with E-state index in [-0.39, 0.29) is 0 Å². The number of hydrogen-bond donors (Lipinski definition) is 0. The molecule has 0 saturated carbocycles. The van der Waals surface area contributed by atoms with Gasteiger partial charge in [-0.25, -0.2) is 0 Å². The summed E-state index contributed by atoms with van der Waals surface area (Å²) in [7, 11) is 0.777. The molecule has 27 heavy (non-hydrogen) atoms. The van der Waals surface area contributed by atoms with Crippen molar-refractivity contribution in [3.8, 4) is 11.1 Å². The Bertz CT molecular complexity index is 900. The fourth-order valence-electron chi connectivity index (χ4n) is 3.01. The molecule has 4 aromatic rings. The van der Waals surface area contributed by atoms with E-state index in [4.69, 9.17) is 0 Å². The van der Waals surface area contributed by atoms with Crippen molar-refractivity contribution in [2.75, 3.05) is 0 Å². The van der Waals surface area contributed by atoms with Gasteiger partial charge >= 0.3 is 0 Å².